The van der Waals surface area contributed by atoms with Gasteiger partial charge in [-0.2, -0.15) is 5.26 Å². The first-order valence-corrected chi connectivity index (χ1v) is 9.45. The van der Waals surface area contributed by atoms with E-state index in [0.29, 0.717) is 34.4 Å². The van der Waals surface area contributed by atoms with E-state index in [2.05, 4.69) is 26.3 Å². The zero-order chi connectivity index (χ0) is 20.2. The van der Waals surface area contributed by atoms with E-state index >= 15 is 0 Å². The molecule has 3 aromatic rings. The van der Waals surface area contributed by atoms with Crippen molar-refractivity contribution >= 4 is 29.2 Å². The number of pyridine rings is 1. The number of carbonyl (C=O) groups excluding carboxylic acids is 1. The van der Waals surface area contributed by atoms with Crippen LogP contribution in [0.4, 0.5) is 0 Å². The van der Waals surface area contributed by atoms with Gasteiger partial charge in [-0.1, -0.05) is 6.07 Å². The second kappa shape index (κ2) is 9.59. The number of nitrogens with zero attached hydrogens (tertiary/aromatic N) is 3. The molecule has 4 rings (SSSR count). The summed E-state index contributed by atoms with van der Waals surface area (Å²) >= 11 is 0. The third-order valence-electron chi connectivity index (χ3n) is 5.01. The van der Waals surface area contributed by atoms with Crippen LogP contribution in [0.3, 0.4) is 0 Å². The van der Waals surface area contributed by atoms with Crippen molar-refractivity contribution in [3.63, 3.8) is 0 Å². The van der Waals surface area contributed by atoms with Gasteiger partial charge in [0.15, 0.2) is 5.88 Å². The maximum Gasteiger partial charge on any atom is 0.252 e. The highest BCUT2D eigenvalue weighted by Crippen LogP contribution is 2.35. The maximum absolute atomic E-state index is 12.4. The van der Waals surface area contributed by atoms with Crippen LogP contribution in [0.25, 0.3) is 22.2 Å². The van der Waals surface area contributed by atoms with Crippen molar-refractivity contribution in [2.24, 2.45) is 0 Å². The van der Waals surface area contributed by atoms with Crippen molar-refractivity contribution in [2.45, 2.75) is 0 Å². The van der Waals surface area contributed by atoms with Crippen molar-refractivity contribution in [1.82, 2.24) is 20.2 Å². The molecular formula is C21H22ClN5O3. The van der Waals surface area contributed by atoms with Crippen LogP contribution in [-0.2, 0) is 4.74 Å². The fourth-order valence-corrected chi connectivity index (χ4v) is 3.44. The van der Waals surface area contributed by atoms with Crippen LogP contribution in [0, 0.1) is 11.3 Å². The summed E-state index contributed by atoms with van der Waals surface area (Å²) in [5.41, 5.74) is 2.71. The topological polar surface area (TPSA) is 114 Å². The lowest BCUT2D eigenvalue weighted by molar-refractivity contribution is 0.0383. The molecule has 8 nitrogen and oxygen atoms in total. The summed E-state index contributed by atoms with van der Waals surface area (Å²) in [5, 5.41) is 23.0. The van der Waals surface area contributed by atoms with Gasteiger partial charge in [-0.3, -0.25) is 14.7 Å². The van der Waals surface area contributed by atoms with E-state index in [1.165, 1.54) is 6.20 Å². The number of aromatic nitrogens is 2. The molecule has 0 bridgehead atoms. The number of benzene rings is 1. The van der Waals surface area contributed by atoms with Crippen molar-refractivity contribution in [3.8, 4) is 23.2 Å². The Morgan fingerprint density at radius 1 is 1.30 bits per heavy atom. The number of rotatable bonds is 5. The molecule has 1 amide bonds. The number of aromatic hydroxyl groups is 1. The number of halogens is 1. The number of morpholine rings is 1. The fraction of sp³-hybridized carbons (Fsp3) is 0.286. The summed E-state index contributed by atoms with van der Waals surface area (Å²) in [6.07, 6.45) is 1.50. The van der Waals surface area contributed by atoms with Crippen LogP contribution in [0.15, 0.2) is 36.5 Å². The summed E-state index contributed by atoms with van der Waals surface area (Å²) in [4.78, 5) is 21.8. The number of aromatic amines is 1. The molecule has 9 heteroatoms. The van der Waals surface area contributed by atoms with Gasteiger partial charge in [-0.05, 0) is 24.3 Å². The Morgan fingerprint density at radius 3 is 2.80 bits per heavy atom. The molecule has 30 heavy (non-hydrogen) atoms. The molecule has 0 saturated carbocycles. The molecule has 156 valence electrons. The molecule has 0 spiro atoms. The van der Waals surface area contributed by atoms with E-state index in [1.54, 1.807) is 30.3 Å². The number of nitriles is 1. The predicted octanol–water partition coefficient (Wildman–Crippen LogP) is 2.29. The van der Waals surface area contributed by atoms with Crippen LogP contribution in [0.2, 0.25) is 0 Å². The lowest BCUT2D eigenvalue weighted by Crippen LogP contribution is -2.41. The zero-order valence-corrected chi connectivity index (χ0v) is 17.0. The molecule has 1 aromatic carbocycles. The lowest BCUT2D eigenvalue weighted by atomic mass is 10.1. The second-order valence-electron chi connectivity index (χ2n) is 6.86. The third-order valence-corrected chi connectivity index (χ3v) is 5.01. The summed E-state index contributed by atoms with van der Waals surface area (Å²) in [6, 6.07) is 10.6. The summed E-state index contributed by atoms with van der Waals surface area (Å²) in [7, 11) is 0. The minimum absolute atomic E-state index is 0. The highest BCUT2D eigenvalue weighted by molar-refractivity contribution is 5.99. The Hall–Kier alpha value is -3.12. The van der Waals surface area contributed by atoms with Crippen LogP contribution in [0.1, 0.15) is 15.9 Å². The number of hydrogen-bond acceptors (Lipinski definition) is 6. The fourth-order valence-electron chi connectivity index (χ4n) is 3.44. The second-order valence-corrected chi connectivity index (χ2v) is 6.86. The monoisotopic (exact) mass is 427 g/mol. The third kappa shape index (κ3) is 4.54. The number of fused-ring (bicyclic) bond motifs is 1. The maximum atomic E-state index is 12.4. The number of carbonyl (C=O) groups is 1. The van der Waals surface area contributed by atoms with E-state index in [-0.39, 0.29) is 24.2 Å². The number of H-pyrrole nitrogens is 1. The van der Waals surface area contributed by atoms with Gasteiger partial charge in [0.25, 0.3) is 5.91 Å². The number of hydrogen-bond donors (Lipinski definition) is 3. The van der Waals surface area contributed by atoms with Crippen molar-refractivity contribution in [2.75, 3.05) is 39.4 Å². The average molecular weight is 428 g/mol. The minimum atomic E-state index is -0.181. The van der Waals surface area contributed by atoms with Crippen LogP contribution in [0.5, 0.6) is 5.88 Å². The highest BCUT2D eigenvalue weighted by Gasteiger charge is 2.16. The van der Waals surface area contributed by atoms with Crippen molar-refractivity contribution in [1.29, 1.82) is 5.26 Å². The largest absolute Gasteiger partial charge is 0.494 e. The standard InChI is InChI=1S/C21H21N5O3.ClH/c22-12-14-1-3-16-18(11-14)25-21(28)19(16)17-4-2-15(13-24-17)20(27)23-5-6-26-7-9-29-10-8-26;/h1-4,11,13,25,28H,5-10H2,(H,23,27);1H. The van der Waals surface area contributed by atoms with E-state index in [1.807, 2.05) is 0 Å². The minimum Gasteiger partial charge on any atom is -0.494 e. The molecule has 3 N–H and O–H groups in total. The lowest BCUT2D eigenvalue weighted by Gasteiger charge is -2.26. The summed E-state index contributed by atoms with van der Waals surface area (Å²) in [5.74, 6) is -0.204. The van der Waals surface area contributed by atoms with Gasteiger partial charge in [-0.15, -0.1) is 12.4 Å². The molecule has 0 unspecified atom stereocenters. The Morgan fingerprint density at radius 2 is 2.10 bits per heavy atom. The summed E-state index contributed by atoms with van der Waals surface area (Å²) in [6.45, 7) is 4.58. The summed E-state index contributed by atoms with van der Waals surface area (Å²) < 4.78 is 5.31. The van der Waals surface area contributed by atoms with Gasteiger partial charge >= 0.3 is 0 Å². The van der Waals surface area contributed by atoms with Crippen LogP contribution in [-0.4, -0.2) is 65.3 Å². The molecule has 0 radical (unpaired) electrons. The molecule has 3 heterocycles. The number of nitrogens with one attached hydrogen (secondary N) is 2. The molecular weight excluding hydrogens is 406 g/mol. The first-order chi connectivity index (χ1) is 14.2. The molecule has 1 fully saturated rings. The average Bonchev–Trinajstić information content (AvgIpc) is 3.09. The first-order valence-electron chi connectivity index (χ1n) is 9.45. The van der Waals surface area contributed by atoms with Gasteiger partial charge in [0, 0.05) is 37.8 Å². The van der Waals surface area contributed by atoms with Gasteiger partial charge in [0.2, 0.25) is 0 Å². The van der Waals surface area contributed by atoms with Gasteiger partial charge in [0.1, 0.15) is 0 Å². The van der Waals surface area contributed by atoms with Gasteiger partial charge < -0.3 is 20.1 Å². The highest BCUT2D eigenvalue weighted by atomic mass is 35.5. The normalized spacial score (nSPS) is 14.1. The van der Waals surface area contributed by atoms with Crippen molar-refractivity contribution < 1.29 is 14.6 Å². The van der Waals surface area contributed by atoms with Crippen LogP contribution < -0.4 is 5.32 Å². The van der Waals surface area contributed by atoms with Crippen molar-refractivity contribution in [3.05, 3.63) is 47.7 Å². The Kier molecular flexibility index (Phi) is 6.90. The molecule has 2 aromatic heterocycles. The van der Waals surface area contributed by atoms with E-state index in [0.717, 1.165) is 38.2 Å². The van der Waals surface area contributed by atoms with E-state index in [4.69, 9.17) is 10.00 Å². The Labute approximate surface area is 179 Å². The van der Waals surface area contributed by atoms with Gasteiger partial charge in [-0.25, -0.2) is 0 Å². The SMILES string of the molecule is Cl.N#Cc1ccc2c(-c3ccc(C(=O)NCCN4CCOCC4)cn3)c(O)[nH]c2c1. The zero-order valence-electron chi connectivity index (χ0n) is 16.2. The Bertz CT molecular complexity index is 1070. The smallest absolute Gasteiger partial charge is 0.252 e. The first kappa shape index (κ1) is 21.6. The van der Waals surface area contributed by atoms with E-state index in [9.17, 15) is 9.90 Å². The Balaban J connectivity index is 0.00000256. The quantitative estimate of drug-likeness (QED) is 0.575. The molecule has 1 aliphatic heterocycles. The number of ether oxygens (including phenoxy) is 1. The van der Waals surface area contributed by atoms with Gasteiger partial charge in [0.05, 0.1) is 47.2 Å². The molecule has 0 atom stereocenters. The van der Waals surface area contributed by atoms with Crippen LogP contribution >= 0.6 is 12.4 Å². The molecule has 1 aliphatic rings. The van der Waals surface area contributed by atoms with E-state index < -0.39 is 0 Å². The predicted molar refractivity (Wildman–Crippen MR) is 115 cm³/mol. The number of amides is 1. The molecule has 0 aliphatic carbocycles. The molecule has 1 saturated heterocycles.